The van der Waals surface area contributed by atoms with Gasteiger partial charge in [0, 0.05) is 36.0 Å². The van der Waals surface area contributed by atoms with Crippen LogP contribution < -0.4 is 10.9 Å². The molecule has 1 aromatic heterocycles. The molecule has 0 spiro atoms. The van der Waals surface area contributed by atoms with Crippen LogP contribution in [-0.2, 0) is 0 Å². The number of hydrogen-bond acceptors (Lipinski definition) is 4. The topological polar surface area (TPSA) is 61.0 Å². The van der Waals surface area contributed by atoms with E-state index in [9.17, 15) is 4.79 Å². The summed E-state index contributed by atoms with van der Waals surface area (Å²) in [7, 11) is 0. The van der Waals surface area contributed by atoms with Crippen molar-refractivity contribution in [2.75, 3.05) is 13.1 Å². The Hall–Kier alpha value is -1.20. The molecule has 0 bridgehead atoms. The maximum atomic E-state index is 11.9. The van der Waals surface area contributed by atoms with Crippen LogP contribution in [0.3, 0.4) is 0 Å². The van der Waals surface area contributed by atoms with Gasteiger partial charge in [-0.2, -0.15) is 0 Å². The normalized spacial score (nSPS) is 31.2. The number of rotatable bonds is 5. The predicted octanol–water partition coefficient (Wildman–Crippen LogP) is 2.89. The number of aromatic amines is 1. The molecule has 2 heterocycles. The molecule has 1 aliphatic heterocycles. The van der Waals surface area contributed by atoms with Crippen molar-refractivity contribution in [3.63, 3.8) is 0 Å². The van der Waals surface area contributed by atoms with Gasteiger partial charge in [-0.1, -0.05) is 12.8 Å². The minimum Gasteiger partial charge on any atom is -0.311 e. The molecule has 3 saturated carbocycles. The summed E-state index contributed by atoms with van der Waals surface area (Å²) in [5.74, 6) is 1.93. The maximum Gasteiger partial charge on any atom is 0.251 e. The lowest BCUT2D eigenvalue weighted by atomic mass is 9.77. The van der Waals surface area contributed by atoms with Gasteiger partial charge in [0.05, 0.1) is 5.69 Å². The zero-order chi connectivity index (χ0) is 17.5. The van der Waals surface area contributed by atoms with Gasteiger partial charge in [-0.3, -0.25) is 4.79 Å². The molecule has 0 unspecified atom stereocenters. The standard InChI is InChI=1S/C21H32N4O/c26-20-13-19(23-21(24-20)14-5-6-14)15-11-17(12-15)22-16-7-9-25(10-8-16)18-3-1-2-4-18/h13-18,22H,1-12H2,(H,23,24,26). The Balaban J connectivity index is 1.10. The molecular formula is C21H32N4O. The third-order valence-electron chi connectivity index (χ3n) is 7.14. The van der Waals surface area contributed by atoms with Crippen molar-refractivity contribution < 1.29 is 0 Å². The first-order chi connectivity index (χ1) is 12.7. The van der Waals surface area contributed by atoms with Gasteiger partial charge in [0.15, 0.2) is 0 Å². The largest absolute Gasteiger partial charge is 0.311 e. The fourth-order valence-corrected chi connectivity index (χ4v) is 5.28. The molecule has 142 valence electrons. The van der Waals surface area contributed by atoms with Crippen molar-refractivity contribution in [1.82, 2.24) is 20.2 Å². The molecule has 4 fully saturated rings. The molecule has 5 rings (SSSR count). The molecule has 5 heteroatoms. The molecule has 0 radical (unpaired) electrons. The predicted molar refractivity (Wildman–Crippen MR) is 103 cm³/mol. The van der Waals surface area contributed by atoms with Gasteiger partial charge in [-0.15, -0.1) is 0 Å². The molecule has 0 aromatic carbocycles. The maximum absolute atomic E-state index is 11.9. The van der Waals surface area contributed by atoms with E-state index in [2.05, 4.69) is 15.2 Å². The lowest BCUT2D eigenvalue weighted by Gasteiger charge is -2.42. The van der Waals surface area contributed by atoms with E-state index < -0.39 is 0 Å². The highest BCUT2D eigenvalue weighted by atomic mass is 16.1. The Morgan fingerprint density at radius 1 is 0.962 bits per heavy atom. The summed E-state index contributed by atoms with van der Waals surface area (Å²) in [6.07, 6.45) is 13.0. The van der Waals surface area contributed by atoms with Crippen molar-refractivity contribution in [1.29, 1.82) is 0 Å². The summed E-state index contributed by atoms with van der Waals surface area (Å²) >= 11 is 0. The second-order valence-corrected chi connectivity index (χ2v) is 9.11. The fraction of sp³-hybridized carbons (Fsp3) is 0.810. The monoisotopic (exact) mass is 356 g/mol. The third kappa shape index (κ3) is 3.61. The van der Waals surface area contributed by atoms with Crippen LogP contribution >= 0.6 is 0 Å². The van der Waals surface area contributed by atoms with Crippen molar-refractivity contribution in [2.45, 2.75) is 94.2 Å². The number of aromatic nitrogens is 2. The highest BCUT2D eigenvalue weighted by Gasteiger charge is 2.35. The minimum atomic E-state index is 0.0348. The van der Waals surface area contributed by atoms with Crippen LogP contribution in [0.2, 0.25) is 0 Å². The molecule has 2 N–H and O–H groups in total. The van der Waals surface area contributed by atoms with Gasteiger partial charge in [0.25, 0.3) is 5.56 Å². The summed E-state index contributed by atoms with van der Waals surface area (Å²) in [6, 6.07) is 3.92. The van der Waals surface area contributed by atoms with Crippen LogP contribution in [0.1, 0.15) is 87.6 Å². The number of hydrogen-bond donors (Lipinski definition) is 2. The van der Waals surface area contributed by atoms with E-state index in [1.165, 1.54) is 64.5 Å². The average Bonchev–Trinajstić information content (AvgIpc) is 3.32. The third-order valence-corrected chi connectivity index (χ3v) is 7.14. The number of likely N-dealkylation sites (tertiary alicyclic amines) is 1. The van der Waals surface area contributed by atoms with Crippen LogP contribution in [-0.4, -0.2) is 46.1 Å². The SMILES string of the molecule is O=c1cc(C2CC(NC3CCN(C4CCCC4)CC3)C2)nc(C2CC2)[nH]1. The van der Waals surface area contributed by atoms with Crippen LogP contribution in [0.4, 0.5) is 0 Å². The number of nitrogens with one attached hydrogen (secondary N) is 2. The summed E-state index contributed by atoms with van der Waals surface area (Å²) in [5.41, 5.74) is 1.07. The Labute approximate surface area is 156 Å². The van der Waals surface area contributed by atoms with Crippen LogP contribution in [0, 0.1) is 0 Å². The number of nitrogens with zero attached hydrogens (tertiary/aromatic N) is 2. The molecule has 4 aliphatic rings. The fourth-order valence-electron chi connectivity index (χ4n) is 5.28. The van der Waals surface area contributed by atoms with E-state index in [4.69, 9.17) is 4.98 Å². The summed E-state index contributed by atoms with van der Waals surface area (Å²) in [4.78, 5) is 22.3. The highest BCUT2D eigenvalue weighted by Crippen LogP contribution is 2.40. The summed E-state index contributed by atoms with van der Waals surface area (Å²) in [6.45, 7) is 2.55. The van der Waals surface area contributed by atoms with Gasteiger partial charge in [-0.05, 0) is 64.5 Å². The van der Waals surface area contributed by atoms with E-state index in [1.54, 1.807) is 6.07 Å². The summed E-state index contributed by atoms with van der Waals surface area (Å²) < 4.78 is 0. The van der Waals surface area contributed by atoms with Crippen LogP contribution in [0.15, 0.2) is 10.9 Å². The van der Waals surface area contributed by atoms with E-state index in [0.717, 1.165) is 30.4 Å². The number of H-pyrrole nitrogens is 1. The quantitative estimate of drug-likeness (QED) is 0.852. The van der Waals surface area contributed by atoms with Crippen molar-refractivity contribution in [3.05, 3.63) is 27.9 Å². The first kappa shape index (κ1) is 16.9. The van der Waals surface area contributed by atoms with Crippen molar-refractivity contribution >= 4 is 0 Å². The Morgan fingerprint density at radius 3 is 2.38 bits per heavy atom. The second-order valence-electron chi connectivity index (χ2n) is 9.11. The van der Waals surface area contributed by atoms with E-state index >= 15 is 0 Å². The first-order valence-corrected chi connectivity index (χ1v) is 10.9. The minimum absolute atomic E-state index is 0.0348. The van der Waals surface area contributed by atoms with Gasteiger partial charge in [-0.25, -0.2) is 4.98 Å². The lowest BCUT2D eigenvalue weighted by molar-refractivity contribution is 0.131. The Bertz CT molecular complexity index is 677. The zero-order valence-corrected chi connectivity index (χ0v) is 15.8. The van der Waals surface area contributed by atoms with Gasteiger partial charge >= 0.3 is 0 Å². The molecule has 26 heavy (non-hydrogen) atoms. The first-order valence-electron chi connectivity index (χ1n) is 10.9. The molecule has 1 aromatic rings. The molecule has 3 aliphatic carbocycles. The van der Waals surface area contributed by atoms with E-state index in [-0.39, 0.29) is 5.56 Å². The average molecular weight is 357 g/mol. The van der Waals surface area contributed by atoms with Crippen LogP contribution in [0.25, 0.3) is 0 Å². The van der Waals surface area contributed by atoms with Crippen molar-refractivity contribution in [2.24, 2.45) is 0 Å². The van der Waals surface area contributed by atoms with Gasteiger partial charge < -0.3 is 15.2 Å². The zero-order valence-electron chi connectivity index (χ0n) is 15.8. The molecule has 0 amide bonds. The number of piperidine rings is 1. The second kappa shape index (κ2) is 7.08. The van der Waals surface area contributed by atoms with Gasteiger partial charge in [0.1, 0.15) is 5.82 Å². The van der Waals surface area contributed by atoms with Crippen molar-refractivity contribution in [3.8, 4) is 0 Å². The molecular weight excluding hydrogens is 324 g/mol. The molecule has 0 atom stereocenters. The highest BCUT2D eigenvalue weighted by molar-refractivity contribution is 5.17. The van der Waals surface area contributed by atoms with Crippen LogP contribution in [0.5, 0.6) is 0 Å². The van der Waals surface area contributed by atoms with Gasteiger partial charge in [0.2, 0.25) is 0 Å². The Morgan fingerprint density at radius 2 is 1.69 bits per heavy atom. The summed E-state index contributed by atoms with van der Waals surface area (Å²) in [5, 5.41) is 3.89. The Kier molecular flexibility index (Phi) is 4.61. The van der Waals surface area contributed by atoms with E-state index in [0.29, 0.717) is 23.9 Å². The van der Waals surface area contributed by atoms with E-state index in [1.807, 2.05) is 0 Å². The molecule has 5 nitrogen and oxygen atoms in total. The smallest absolute Gasteiger partial charge is 0.251 e. The lowest BCUT2D eigenvalue weighted by Crippen LogP contribution is -2.51. The molecule has 1 saturated heterocycles.